The molecule has 0 aromatic heterocycles. The molecule has 0 aliphatic carbocycles. The Kier molecular flexibility index (Phi) is 12.9. The second kappa shape index (κ2) is 14.5. The van der Waals surface area contributed by atoms with Gasteiger partial charge in [0.2, 0.25) is 0 Å². The Bertz CT molecular complexity index is 910. The summed E-state index contributed by atoms with van der Waals surface area (Å²) in [5.74, 6) is 0.122. The Morgan fingerprint density at radius 2 is 1.47 bits per heavy atom. The minimum Gasteiger partial charge on any atom is -0.507 e. The number of carbonyl (C=O) groups excluding carboxylic acids is 2. The van der Waals surface area contributed by atoms with Gasteiger partial charge < -0.3 is 21.0 Å². The first kappa shape index (κ1) is 26.6. The highest BCUT2D eigenvalue weighted by molar-refractivity contribution is 6.02. The molecule has 0 bridgehead atoms. The van der Waals surface area contributed by atoms with Crippen LogP contribution in [0, 0.1) is 0 Å². The minimum absolute atomic E-state index is 0.0262. The van der Waals surface area contributed by atoms with Crippen molar-refractivity contribution in [1.29, 1.82) is 0 Å². The molecule has 0 fully saturated rings. The zero-order valence-electron chi connectivity index (χ0n) is 18.4. The maximum absolute atomic E-state index is 12.0. The van der Waals surface area contributed by atoms with Crippen LogP contribution in [0.15, 0.2) is 66.7 Å². The minimum atomic E-state index is -0.0262. The number of hydrogen-bond acceptors (Lipinski definition) is 5. The van der Waals surface area contributed by atoms with Crippen molar-refractivity contribution >= 4 is 18.3 Å². The molecule has 30 heavy (non-hydrogen) atoms. The van der Waals surface area contributed by atoms with Gasteiger partial charge in [0, 0.05) is 29.9 Å². The molecule has 0 saturated heterocycles. The Hall–Kier alpha value is -3.44. The van der Waals surface area contributed by atoms with E-state index in [1.807, 2.05) is 81.3 Å². The smallest absolute Gasteiger partial charge is 0.160 e. The molecule has 3 rings (SSSR count). The highest BCUT2D eigenvalue weighted by Gasteiger charge is 2.14. The molecule has 3 aromatic carbocycles. The Labute approximate surface area is 179 Å². The molecule has 0 aliphatic rings. The number of aromatic hydroxyl groups is 1. The van der Waals surface area contributed by atoms with Crippen LogP contribution in [-0.2, 0) is 4.79 Å². The van der Waals surface area contributed by atoms with E-state index in [1.165, 1.54) is 7.05 Å². The van der Waals surface area contributed by atoms with Crippen LogP contribution in [0.2, 0.25) is 0 Å². The van der Waals surface area contributed by atoms with E-state index in [2.05, 4.69) is 11.1 Å². The number of carbonyl (C=O) groups is 2. The summed E-state index contributed by atoms with van der Waals surface area (Å²) < 4.78 is 0. The number of anilines is 1. The van der Waals surface area contributed by atoms with Crippen LogP contribution in [-0.4, -0.2) is 31.8 Å². The fourth-order valence-electron chi connectivity index (χ4n) is 2.80. The SMILES string of the molecule is C=O.CC.CN.CNc1ccc(-c2cc(-c3ccccc3)ccc2C(C)=O)c(O)c1. The monoisotopic (exact) mass is 408 g/mol. The van der Waals surface area contributed by atoms with E-state index in [1.54, 1.807) is 20.0 Å². The zero-order valence-corrected chi connectivity index (χ0v) is 18.4. The Balaban J connectivity index is 0.00000129. The predicted molar refractivity (Wildman–Crippen MR) is 127 cm³/mol. The van der Waals surface area contributed by atoms with Gasteiger partial charge >= 0.3 is 0 Å². The lowest BCUT2D eigenvalue weighted by atomic mass is 9.92. The van der Waals surface area contributed by atoms with E-state index >= 15 is 0 Å². The van der Waals surface area contributed by atoms with Crippen LogP contribution < -0.4 is 11.1 Å². The normalized spacial score (nSPS) is 8.87. The molecule has 3 aromatic rings. The molecule has 0 unspecified atom stereocenters. The van der Waals surface area contributed by atoms with Crippen LogP contribution in [0.5, 0.6) is 5.75 Å². The van der Waals surface area contributed by atoms with Crippen molar-refractivity contribution in [2.75, 3.05) is 19.4 Å². The number of nitrogens with two attached hydrogens (primary N) is 1. The average Bonchev–Trinajstić information content (AvgIpc) is 2.83. The molecule has 4 N–H and O–H groups in total. The number of benzene rings is 3. The third kappa shape index (κ3) is 6.87. The van der Waals surface area contributed by atoms with Crippen LogP contribution in [0.4, 0.5) is 5.69 Å². The van der Waals surface area contributed by atoms with Crippen LogP contribution in [0.25, 0.3) is 22.3 Å². The summed E-state index contributed by atoms with van der Waals surface area (Å²) in [7, 11) is 3.30. The first-order valence-electron chi connectivity index (χ1n) is 9.68. The maximum atomic E-state index is 12.0. The van der Waals surface area contributed by atoms with Crippen molar-refractivity contribution in [3.8, 4) is 28.0 Å². The van der Waals surface area contributed by atoms with E-state index in [9.17, 15) is 9.90 Å². The zero-order chi connectivity index (χ0) is 23.1. The van der Waals surface area contributed by atoms with Crippen LogP contribution in [0.3, 0.4) is 0 Å². The summed E-state index contributed by atoms with van der Waals surface area (Å²) in [4.78, 5) is 20.0. The molecule has 0 aliphatic heterocycles. The summed E-state index contributed by atoms with van der Waals surface area (Å²) in [5.41, 5.74) is 9.39. The quantitative estimate of drug-likeness (QED) is 0.504. The van der Waals surface area contributed by atoms with Gasteiger partial charge in [0.05, 0.1) is 0 Å². The number of nitrogens with one attached hydrogen (secondary N) is 1. The van der Waals surface area contributed by atoms with Gasteiger partial charge in [-0.3, -0.25) is 4.79 Å². The van der Waals surface area contributed by atoms with Crippen LogP contribution >= 0.6 is 0 Å². The lowest BCUT2D eigenvalue weighted by molar-refractivity contribution is -0.0980. The molecular weight excluding hydrogens is 376 g/mol. The molecule has 160 valence electrons. The summed E-state index contributed by atoms with van der Waals surface area (Å²) >= 11 is 0. The highest BCUT2D eigenvalue weighted by Crippen LogP contribution is 2.36. The van der Waals surface area contributed by atoms with E-state index in [4.69, 9.17) is 4.79 Å². The summed E-state index contributed by atoms with van der Waals surface area (Å²) in [6.07, 6.45) is 0. The molecular formula is C25H32N2O3. The Morgan fingerprint density at radius 3 is 1.97 bits per heavy atom. The topological polar surface area (TPSA) is 92.4 Å². The summed E-state index contributed by atoms with van der Waals surface area (Å²) in [6, 6.07) is 21.1. The molecule has 0 atom stereocenters. The van der Waals surface area contributed by atoms with E-state index in [0.29, 0.717) is 11.1 Å². The second-order valence-electron chi connectivity index (χ2n) is 5.66. The third-order valence-corrected chi connectivity index (χ3v) is 4.08. The molecule has 0 heterocycles. The number of hydrogen-bond donors (Lipinski definition) is 3. The molecule has 5 nitrogen and oxygen atoms in total. The summed E-state index contributed by atoms with van der Waals surface area (Å²) in [6.45, 7) is 7.54. The van der Waals surface area contributed by atoms with Crippen molar-refractivity contribution in [3.63, 3.8) is 0 Å². The Morgan fingerprint density at radius 1 is 0.867 bits per heavy atom. The predicted octanol–water partition coefficient (Wildman–Crippen LogP) is 5.39. The van der Waals surface area contributed by atoms with Gasteiger partial charge in [0.1, 0.15) is 12.5 Å². The maximum Gasteiger partial charge on any atom is 0.160 e. The number of ketones is 1. The van der Waals surface area contributed by atoms with Crippen molar-refractivity contribution in [2.24, 2.45) is 5.73 Å². The molecule has 0 saturated carbocycles. The number of phenolic OH excluding ortho intramolecular Hbond substituents is 1. The van der Waals surface area contributed by atoms with E-state index in [-0.39, 0.29) is 11.5 Å². The van der Waals surface area contributed by atoms with Gasteiger partial charge in [-0.15, -0.1) is 0 Å². The molecule has 0 amide bonds. The molecule has 5 heteroatoms. The van der Waals surface area contributed by atoms with Crippen LogP contribution in [0.1, 0.15) is 31.1 Å². The number of phenols is 1. The number of Topliss-reactive ketones (excluding diaryl/α,β-unsaturated/α-hetero) is 1. The first-order valence-corrected chi connectivity index (χ1v) is 9.68. The van der Waals surface area contributed by atoms with Crippen molar-refractivity contribution < 1.29 is 14.7 Å². The standard InChI is InChI=1S/C21H19NO2.C2H6.CH5N.CH2O/c1-14(23)18-10-8-16(15-6-4-3-5-7-15)12-20(18)19-11-9-17(22-2)13-21(19)24;3*1-2/h3-13,22,24H,1-2H3;1-2H3;2H2,1H3;1H2. The van der Waals surface area contributed by atoms with Crippen molar-refractivity contribution in [2.45, 2.75) is 20.8 Å². The first-order chi connectivity index (χ1) is 14.6. The lowest BCUT2D eigenvalue weighted by Crippen LogP contribution is -1.97. The van der Waals surface area contributed by atoms with E-state index < -0.39 is 0 Å². The van der Waals surface area contributed by atoms with Gasteiger partial charge in [-0.1, -0.05) is 56.3 Å². The van der Waals surface area contributed by atoms with Gasteiger partial charge in [0.15, 0.2) is 5.78 Å². The number of rotatable bonds is 4. The van der Waals surface area contributed by atoms with E-state index in [0.717, 1.165) is 22.4 Å². The van der Waals surface area contributed by atoms with Gasteiger partial charge in [0.25, 0.3) is 0 Å². The van der Waals surface area contributed by atoms with Crippen molar-refractivity contribution in [3.05, 3.63) is 72.3 Å². The molecule has 0 spiro atoms. The average molecular weight is 409 g/mol. The van der Waals surface area contributed by atoms with Crippen molar-refractivity contribution in [1.82, 2.24) is 0 Å². The lowest BCUT2D eigenvalue weighted by Gasteiger charge is -2.13. The second-order valence-corrected chi connectivity index (χ2v) is 5.66. The van der Waals surface area contributed by atoms with Gasteiger partial charge in [-0.25, -0.2) is 0 Å². The highest BCUT2D eigenvalue weighted by atomic mass is 16.3. The fourth-order valence-corrected chi connectivity index (χ4v) is 2.80. The summed E-state index contributed by atoms with van der Waals surface area (Å²) in [5, 5.41) is 13.4. The fraction of sp³-hybridized carbons (Fsp3) is 0.200. The molecule has 0 radical (unpaired) electrons. The van der Waals surface area contributed by atoms with Gasteiger partial charge in [-0.2, -0.15) is 0 Å². The van der Waals surface area contributed by atoms with Gasteiger partial charge in [-0.05, 0) is 48.9 Å². The largest absolute Gasteiger partial charge is 0.507 e. The third-order valence-electron chi connectivity index (χ3n) is 4.08.